The number of hydrogen-bond acceptors (Lipinski definition) is 4. The topological polar surface area (TPSA) is 45.7 Å². The van der Waals surface area contributed by atoms with Crippen molar-refractivity contribution >= 4 is 16.8 Å². The number of aromatic nitrogens is 1. The number of pyridine rings is 1. The van der Waals surface area contributed by atoms with E-state index in [0.29, 0.717) is 11.6 Å². The number of hydrogen-bond donors (Lipinski definition) is 0. The second-order valence-electron chi connectivity index (χ2n) is 9.03. The highest BCUT2D eigenvalue weighted by Crippen LogP contribution is 2.24. The van der Waals surface area contributed by atoms with Crippen molar-refractivity contribution in [2.45, 2.75) is 25.8 Å². The minimum Gasteiger partial charge on any atom is -0.379 e. The van der Waals surface area contributed by atoms with Gasteiger partial charge in [0.05, 0.1) is 18.7 Å². The van der Waals surface area contributed by atoms with Crippen LogP contribution in [-0.4, -0.2) is 60.1 Å². The van der Waals surface area contributed by atoms with Crippen LogP contribution in [0.3, 0.4) is 0 Å². The van der Waals surface area contributed by atoms with Gasteiger partial charge in [-0.25, -0.2) is 4.98 Å². The molecule has 166 valence electrons. The van der Waals surface area contributed by atoms with E-state index < -0.39 is 0 Å². The first-order valence-corrected chi connectivity index (χ1v) is 11.8. The van der Waals surface area contributed by atoms with Crippen LogP contribution in [0.4, 0.5) is 0 Å². The zero-order valence-corrected chi connectivity index (χ0v) is 18.6. The zero-order valence-electron chi connectivity index (χ0n) is 18.6. The van der Waals surface area contributed by atoms with Gasteiger partial charge in [0.1, 0.15) is 5.69 Å². The van der Waals surface area contributed by atoms with Crippen molar-refractivity contribution in [3.05, 3.63) is 77.5 Å². The van der Waals surface area contributed by atoms with Crippen LogP contribution < -0.4 is 0 Å². The van der Waals surface area contributed by atoms with Crippen LogP contribution in [0.15, 0.2) is 60.7 Å². The van der Waals surface area contributed by atoms with Crippen molar-refractivity contribution in [2.75, 3.05) is 39.4 Å². The van der Waals surface area contributed by atoms with Crippen molar-refractivity contribution < 1.29 is 9.53 Å². The molecule has 2 aromatic carbocycles. The molecule has 2 fully saturated rings. The summed E-state index contributed by atoms with van der Waals surface area (Å²) >= 11 is 0. The summed E-state index contributed by atoms with van der Waals surface area (Å²) in [4.78, 5) is 22.0. The normalized spacial score (nSPS) is 18.2. The Hall–Kier alpha value is -2.76. The number of amides is 1. The predicted molar refractivity (Wildman–Crippen MR) is 127 cm³/mol. The molecule has 5 heteroatoms. The second kappa shape index (κ2) is 9.80. The molecule has 0 unspecified atom stereocenters. The third-order valence-electron chi connectivity index (χ3n) is 6.78. The number of likely N-dealkylation sites (tertiary alicyclic amines) is 1. The Morgan fingerprint density at radius 3 is 2.38 bits per heavy atom. The number of para-hydroxylation sites is 1. The van der Waals surface area contributed by atoms with Gasteiger partial charge in [-0.05, 0) is 48.4 Å². The van der Waals surface area contributed by atoms with E-state index in [0.717, 1.165) is 76.1 Å². The maximum Gasteiger partial charge on any atom is 0.272 e. The largest absolute Gasteiger partial charge is 0.379 e. The maximum atomic E-state index is 13.0. The lowest BCUT2D eigenvalue weighted by molar-refractivity contribution is 0.0342. The molecule has 0 spiro atoms. The van der Waals surface area contributed by atoms with E-state index >= 15 is 0 Å². The Labute approximate surface area is 190 Å². The van der Waals surface area contributed by atoms with Crippen LogP contribution in [-0.2, 0) is 17.7 Å². The van der Waals surface area contributed by atoms with Gasteiger partial charge >= 0.3 is 0 Å². The summed E-state index contributed by atoms with van der Waals surface area (Å²) in [6.45, 7) is 6.36. The number of rotatable bonds is 5. The van der Waals surface area contributed by atoms with E-state index in [2.05, 4.69) is 34.1 Å². The number of ether oxygens (including phenoxy) is 1. The van der Waals surface area contributed by atoms with Gasteiger partial charge in [0.2, 0.25) is 0 Å². The summed E-state index contributed by atoms with van der Waals surface area (Å²) in [5.74, 6) is 0.690. The molecule has 0 radical (unpaired) electrons. The molecule has 3 heterocycles. The summed E-state index contributed by atoms with van der Waals surface area (Å²) in [5, 5.41) is 1.07. The molecule has 1 amide bonds. The lowest BCUT2D eigenvalue weighted by Crippen LogP contribution is -2.39. The minimum atomic E-state index is 0.0571. The van der Waals surface area contributed by atoms with Crippen LogP contribution in [0, 0.1) is 5.92 Å². The Morgan fingerprint density at radius 1 is 0.875 bits per heavy atom. The molecular weight excluding hydrogens is 398 g/mol. The first-order valence-electron chi connectivity index (χ1n) is 11.8. The van der Waals surface area contributed by atoms with Gasteiger partial charge in [-0.3, -0.25) is 9.69 Å². The third kappa shape index (κ3) is 5.00. The molecule has 0 aliphatic carbocycles. The fourth-order valence-electron chi connectivity index (χ4n) is 4.82. The third-order valence-corrected chi connectivity index (χ3v) is 6.78. The highest BCUT2D eigenvalue weighted by molar-refractivity contribution is 5.94. The Bertz CT molecular complexity index is 1050. The number of morpholine rings is 1. The van der Waals surface area contributed by atoms with Crippen LogP contribution >= 0.6 is 0 Å². The molecular formula is C27H31N3O2. The van der Waals surface area contributed by atoms with Gasteiger partial charge in [0, 0.05) is 38.1 Å². The van der Waals surface area contributed by atoms with Crippen LogP contribution in [0.5, 0.6) is 0 Å². The highest BCUT2D eigenvalue weighted by atomic mass is 16.5. The highest BCUT2D eigenvalue weighted by Gasteiger charge is 2.24. The molecule has 5 nitrogen and oxygen atoms in total. The summed E-state index contributed by atoms with van der Waals surface area (Å²) in [5.41, 5.74) is 4.21. The van der Waals surface area contributed by atoms with Gasteiger partial charge in [-0.15, -0.1) is 0 Å². The maximum absolute atomic E-state index is 13.0. The van der Waals surface area contributed by atoms with Gasteiger partial charge < -0.3 is 9.64 Å². The Balaban J connectivity index is 1.13. The summed E-state index contributed by atoms with van der Waals surface area (Å²) < 4.78 is 5.44. The quantitative estimate of drug-likeness (QED) is 0.611. The summed E-state index contributed by atoms with van der Waals surface area (Å²) in [6, 6.07) is 20.9. The lowest BCUT2D eigenvalue weighted by atomic mass is 9.89. The molecule has 3 aromatic rings. The molecule has 0 saturated carbocycles. The monoisotopic (exact) mass is 429 g/mol. The van der Waals surface area contributed by atoms with Crippen LogP contribution in [0.1, 0.15) is 34.5 Å². The number of fused-ring (bicyclic) bond motifs is 1. The van der Waals surface area contributed by atoms with E-state index in [4.69, 9.17) is 4.74 Å². The van der Waals surface area contributed by atoms with E-state index in [1.165, 1.54) is 11.1 Å². The number of piperidine rings is 1. The predicted octanol–water partition coefficient (Wildman–Crippen LogP) is 4.16. The van der Waals surface area contributed by atoms with Gasteiger partial charge in [-0.2, -0.15) is 0 Å². The lowest BCUT2D eigenvalue weighted by Gasteiger charge is -2.32. The number of nitrogens with zero attached hydrogens (tertiary/aromatic N) is 3. The zero-order chi connectivity index (χ0) is 21.8. The van der Waals surface area contributed by atoms with Crippen LogP contribution in [0.2, 0.25) is 0 Å². The average molecular weight is 430 g/mol. The SMILES string of the molecule is O=C(c1ccc2ccccc2n1)N1CCC(Cc2ccc(CN3CCOCC3)cc2)CC1. The van der Waals surface area contributed by atoms with E-state index in [1.54, 1.807) is 0 Å². The smallest absolute Gasteiger partial charge is 0.272 e. The van der Waals surface area contributed by atoms with Crippen LogP contribution in [0.25, 0.3) is 10.9 Å². The molecule has 0 atom stereocenters. The van der Waals surface area contributed by atoms with Crippen molar-refractivity contribution in [1.82, 2.24) is 14.8 Å². The first-order chi connectivity index (χ1) is 15.7. The van der Waals surface area contributed by atoms with Gasteiger partial charge in [0.15, 0.2) is 0 Å². The molecule has 0 N–H and O–H groups in total. The van der Waals surface area contributed by atoms with Crippen molar-refractivity contribution in [3.63, 3.8) is 0 Å². The second-order valence-corrected chi connectivity index (χ2v) is 9.03. The Morgan fingerprint density at radius 2 is 1.59 bits per heavy atom. The fraction of sp³-hybridized carbons (Fsp3) is 0.407. The molecule has 0 bridgehead atoms. The Kier molecular flexibility index (Phi) is 6.46. The molecule has 2 aliphatic rings. The molecule has 2 aliphatic heterocycles. The van der Waals surface area contributed by atoms with Crippen molar-refractivity contribution in [3.8, 4) is 0 Å². The molecule has 1 aromatic heterocycles. The molecule has 2 saturated heterocycles. The number of carbonyl (C=O) groups is 1. The number of carbonyl (C=O) groups excluding carboxylic acids is 1. The van der Waals surface area contributed by atoms with Crippen molar-refractivity contribution in [2.24, 2.45) is 5.92 Å². The fourth-order valence-corrected chi connectivity index (χ4v) is 4.82. The standard InChI is InChI=1S/C27H31N3O2/c31-27(26-10-9-24-3-1-2-4-25(24)28-26)30-13-11-22(12-14-30)19-21-5-7-23(8-6-21)20-29-15-17-32-18-16-29/h1-10,22H,11-20H2. The van der Waals surface area contributed by atoms with Crippen molar-refractivity contribution in [1.29, 1.82) is 0 Å². The summed E-state index contributed by atoms with van der Waals surface area (Å²) in [6.07, 6.45) is 3.19. The molecule has 5 rings (SSSR count). The van der Waals surface area contributed by atoms with Gasteiger partial charge in [0.25, 0.3) is 5.91 Å². The summed E-state index contributed by atoms with van der Waals surface area (Å²) in [7, 11) is 0. The van der Waals surface area contributed by atoms with E-state index in [9.17, 15) is 4.79 Å². The van der Waals surface area contributed by atoms with E-state index in [-0.39, 0.29) is 5.91 Å². The van der Waals surface area contributed by atoms with E-state index in [1.807, 2.05) is 41.3 Å². The molecule has 32 heavy (non-hydrogen) atoms. The minimum absolute atomic E-state index is 0.0571. The average Bonchev–Trinajstić information content (AvgIpc) is 2.86. The first kappa shape index (κ1) is 21.1. The number of benzene rings is 2. The van der Waals surface area contributed by atoms with Gasteiger partial charge in [-0.1, -0.05) is 48.5 Å².